The Labute approximate surface area is 210 Å². The van der Waals surface area contributed by atoms with Crippen LogP contribution in [-0.2, 0) is 10.3 Å². The molecule has 0 aromatic heterocycles. The molecule has 2 fully saturated rings. The van der Waals surface area contributed by atoms with Crippen LogP contribution < -0.4 is 5.32 Å². The number of benzene rings is 3. The molecule has 0 aliphatic carbocycles. The first kappa shape index (κ1) is 22.1. The minimum absolute atomic E-state index is 0.000676. The molecule has 3 aliphatic heterocycles. The lowest BCUT2D eigenvalue weighted by Crippen LogP contribution is -2.52. The first-order valence-corrected chi connectivity index (χ1v) is 12.4. The number of fused-ring (bicyclic) bond motifs is 4. The molecule has 2 saturated heterocycles. The van der Waals surface area contributed by atoms with Crippen molar-refractivity contribution in [2.45, 2.75) is 30.3 Å². The van der Waals surface area contributed by atoms with Gasteiger partial charge in [-0.2, -0.15) is 0 Å². The number of nitro benzene ring substituents is 1. The fourth-order valence-corrected chi connectivity index (χ4v) is 6.90. The Hall–Kier alpha value is -3.36. The Balaban J connectivity index is 1.62. The van der Waals surface area contributed by atoms with Crippen LogP contribution in [0.1, 0.15) is 40.2 Å². The zero-order chi connectivity index (χ0) is 24.3. The summed E-state index contributed by atoms with van der Waals surface area (Å²) in [6.07, 6.45) is 1.81. The highest BCUT2D eigenvalue weighted by atomic mass is 79.9. The fourth-order valence-electron chi connectivity index (χ4n) is 6.53. The van der Waals surface area contributed by atoms with Crippen LogP contribution in [0.25, 0.3) is 0 Å². The number of halogens is 1. The summed E-state index contributed by atoms with van der Waals surface area (Å²) in [5, 5.41) is 14.5. The largest absolute Gasteiger partial charge is 0.324 e. The summed E-state index contributed by atoms with van der Waals surface area (Å²) in [5.74, 6) is -1.44. The molecule has 3 aromatic carbocycles. The molecular weight excluding hydrogens is 510 g/mol. The van der Waals surface area contributed by atoms with Gasteiger partial charge in [0.1, 0.15) is 5.54 Å². The van der Waals surface area contributed by atoms with Crippen molar-refractivity contribution in [1.29, 1.82) is 0 Å². The third-order valence-electron chi connectivity index (χ3n) is 7.77. The highest BCUT2D eigenvalue weighted by Gasteiger charge is 2.69. The molecule has 0 radical (unpaired) electrons. The number of nitrogens with one attached hydrogen (secondary N) is 1. The summed E-state index contributed by atoms with van der Waals surface area (Å²) in [5.41, 5.74) is 1.41. The van der Waals surface area contributed by atoms with Crippen LogP contribution in [0.15, 0.2) is 77.3 Å². The second-order valence-electron chi connectivity index (χ2n) is 9.40. The molecule has 6 rings (SSSR count). The lowest BCUT2D eigenvalue weighted by molar-refractivity contribution is -0.384. The molecule has 4 atom stereocenters. The smallest absolute Gasteiger partial charge is 0.270 e. The minimum Gasteiger partial charge on any atom is -0.324 e. The number of nitrogens with zero attached hydrogens (tertiary/aromatic N) is 2. The number of amides is 1. The van der Waals surface area contributed by atoms with Crippen LogP contribution in [0.2, 0.25) is 0 Å². The van der Waals surface area contributed by atoms with Gasteiger partial charge < -0.3 is 5.32 Å². The van der Waals surface area contributed by atoms with Gasteiger partial charge in [-0.1, -0.05) is 58.4 Å². The Morgan fingerprint density at radius 3 is 2.66 bits per heavy atom. The summed E-state index contributed by atoms with van der Waals surface area (Å²) >= 11 is 3.56. The maximum Gasteiger partial charge on any atom is 0.270 e. The highest BCUT2D eigenvalue weighted by molar-refractivity contribution is 9.10. The zero-order valence-corrected chi connectivity index (χ0v) is 20.3. The molecule has 3 aliphatic rings. The molecule has 35 heavy (non-hydrogen) atoms. The number of anilines is 1. The molecule has 1 N–H and O–H groups in total. The van der Waals surface area contributed by atoms with Crippen LogP contribution in [0.3, 0.4) is 0 Å². The highest BCUT2D eigenvalue weighted by Crippen LogP contribution is 2.61. The topological polar surface area (TPSA) is 92.5 Å². The van der Waals surface area contributed by atoms with Crippen LogP contribution >= 0.6 is 15.9 Å². The molecule has 7 nitrogen and oxygen atoms in total. The predicted octanol–water partition coefficient (Wildman–Crippen LogP) is 5.27. The van der Waals surface area contributed by atoms with Crippen molar-refractivity contribution in [3.63, 3.8) is 0 Å². The number of carbonyl (C=O) groups is 2. The first-order chi connectivity index (χ1) is 16.9. The van der Waals surface area contributed by atoms with E-state index in [-0.39, 0.29) is 34.9 Å². The van der Waals surface area contributed by atoms with E-state index in [1.165, 1.54) is 18.2 Å². The van der Waals surface area contributed by atoms with E-state index in [9.17, 15) is 19.7 Å². The molecular formula is C27H22BrN3O4. The summed E-state index contributed by atoms with van der Waals surface area (Å²) in [6, 6.07) is 21.4. The molecule has 3 aromatic rings. The van der Waals surface area contributed by atoms with E-state index in [2.05, 4.69) is 26.1 Å². The molecule has 1 spiro atoms. The van der Waals surface area contributed by atoms with Gasteiger partial charge in [0, 0.05) is 45.4 Å². The van der Waals surface area contributed by atoms with Crippen molar-refractivity contribution in [1.82, 2.24) is 4.90 Å². The molecule has 176 valence electrons. The Bertz CT molecular complexity index is 1380. The summed E-state index contributed by atoms with van der Waals surface area (Å²) in [7, 11) is 0. The first-order valence-electron chi connectivity index (χ1n) is 11.6. The van der Waals surface area contributed by atoms with E-state index in [0.717, 1.165) is 28.4 Å². The maximum absolute atomic E-state index is 14.4. The number of hydrogen-bond acceptors (Lipinski definition) is 5. The van der Waals surface area contributed by atoms with Crippen molar-refractivity contribution in [2.75, 3.05) is 11.9 Å². The zero-order valence-electron chi connectivity index (χ0n) is 18.7. The van der Waals surface area contributed by atoms with E-state index in [4.69, 9.17) is 0 Å². The van der Waals surface area contributed by atoms with Crippen molar-refractivity contribution in [3.8, 4) is 0 Å². The molecule has 1 amide bonds. The van der Waals surface area contributed by atoms with Gasteiger partial charge in [0.15, 0.2) is 5.78 Å². The lowest BCUT2D eigenvalue weighted by atomic mass is 9.69. The Morgan fingerprint density at radius 1 is 1.09 bits per heavy atom. The average Bonchev–Trinajstić information content (AvgIpc) is 3.52. The quantitative estimate of drug-likeness (QED) is 0.281. The molecule has 3 heterocycles. The summed E-state index contributed by atoms with van der Waals surface area (Å²) in [6.45, 7) is 0.700. The van der Waals surface area contributed by atoms with Gasteiger partial charge in [-0.05, 0) is 43.1 Å². The monoisotopic (exact) mass is 531 g/mol. The standard InChI is InChI=1S/C27H22BrN3O4/c28-18-11-12-21-20(15-18)27(26(33)29-21)24(25(32)17-8-4-9-19(14-17)31(34)35)23(16-6-2-1-3-7-16)22-10-5-13-30(22)27/h1-4,6-9,11-12,14-15,22-24H,5,10,13H2,(H,29,33)/t22?,23?,24?,27-/m1/s1. The summed E-state index contributed by atoms with van der Waals surface area (Å²) in [4.78, 5) is 41.6. The molecule has 8 heteroatoms. The van der Waals surface area contributed by atoms with Gasteiger partial charge in [-0.3, -0.25) is 24.6 Å². The Morgan fingerprint density at radius 2 is 1.89 bits per heavy atom. The SMILES string of the molecule is O=C(c1cccc([N+](=O)[O-])c1)C1C(c2ccccc2)C2CCCN2[C@@]12C(=O)Nc1ccc(Br)cc12. The van der Waals surface area contributed by atoms with Gasteiger partial charge in [0.2, 0.25) is 5.91 Å². The van der Waals surface area contributed by atoms with Gasteiger partial charge >= 0.3 is 0 Å². The predicted molar refractivity (Wildman–Crippen MR) is 134 cm³/mol. The Kier molecular flexibility index (Phi) is 5.12. The fraction of sp³-hybridized carbons (Fsp3) is 0.259. The van der Waals surface area contributed by atoms with E-state index in [0.29, 0.717) is 12.2 Å². The van der Waals surface area contributed by atoms with Gasteiger partial charge in [0.05, 0.1) is 10.8 Å². The van der Waals surface area contributed by atoms with Gasteiger partial charge in [0.25, 0.3) is 5.69 Å². The number of non-ortho nitro benzene ring substituents is 1. The second-order valence-corrected chi connectivity index (χ2v) is 10.3. The van der Waals surface area contributed by atoms with Crippen LogP contribution in [0.4, 0.5) is 11.4 Å². The van der Waals surface area contributed by atoms with Crippen molar-refractivity contribution in [3.05, 3.63) is 104 Å². The number of rotatable bonds is 4. The minimum atomic E-state index is -1.19. The van der Waals surface area contributed by atoms with E-state index in [1.54, 1.807) is 6.07 Å². The second kappa shape index (κ2) is 8.10. The number of Topliss-reactive ketones (excluding diaryl/α,β-unsaturated/α-hetero) is 1. The molecule has 0 bridgehead atoms. The average molecular weight is 532 g/mol. The van der Waals surface area contributed by atoms with Gasteiger partial charge in [-0.25, -0.2) is 0 Å². The van der Waals surface area contributed by atoms with Crippen molar-refractivity contribution in [2.24, 2.45) is 5.92 Å². The molecule has 0 saturated carbocycles. The number of hydrogen-bond donors (Lipinski definition) is 1. The van der Waals surface area contributed by atoms with Crippen molar-refractivity contribution >= 4 is 39.0 Å². The molecule has 3 unspecified atom stereocenters. The number of nitro groups is 1. The number of ketones is 1. The summed E-state index contributed by atoms with van der Waals surface area (Å²) < 4.78 is 0.826. The van der Waals surface area contributed by atoms with Gasteiger partial charge in [-0.15, -0.1) is 0 Å². The number of carbonyl (C=O) groups excluding carboxylic acids is 2. The normalized spacial score (nSPS) is 27.0. The third-order valence-corrected chi connectivity index (χ3v) is 8.26. The van der Waals surface area contributed by atoms with Crippen LogP contribution in [0, 0.1) is 16.0 Å². The maximum atomic E-state index is 14.4. The van der Waals surface area contributed by atoms with E-state index in [1.807, 2.05) is 48.5 Å². The lowest BCUT2D eigenvalue weighted by Gasteiger charge is -2.37. The van der Waals surface area contributed by atoms with Crippen molar-refractivity contribution < 1.29 is 14.5 Å². The van der Waals surface area contributed by atoms with Crippen LogP contribution in [0.5, 0.6) is 0 Å². The third kappa shape index (κ3) is 3.13. The van der Waals surface area contributed by atoms with E-state index < -0.39 is 16.4 Å². The van der Waals surface area contributed by atoms with E-state index >= 15 is 0 Å². The van der Waals surface area contributed by atoms with Crippen LogP contribution in [-0.4, -0.2) is 34.1 Å².